The van der Waals surface area contributed by atoms with Crippen molar-refractivity contribution in [3.8, 4) is 0 Å². The molecule has 0 aromatic rings. The van der Waals surface area contributed by atoms with Crippen molar-refractivity contribution >= 4 is 29.5 Å². The molecule has 0 amide bonds. The van der Waals surface area contributed by atoms with Gasteiger partial charge in [0.15, 0.2) is 11.6 Å². The van der Waals surface area contributed by atoms with Crippen LogP contribution in [0.3, 0.4) is 0 Å². The number of Topliss-reactive ketones (excluding diaryl/α,β-unsaturated/α-hetero) is 2. The first-order chi connectivity index (χ1) is 14.6. The van der Waals surface area contributed by atoms with E-state index in [-0.39, 0.29) is 43.4 Å². The zero-order valence-electron chi connectivity index (χ0n) is 17.5. The van der Waals surface area contributed by atoms with Gasteiger partial charge in [-0.25, -0.2) is 0 Å². The molecule has 0 spiro atoms. The van der Waals surface area contributed by atoms with Gasteiger partial charge in [0.05, 0.1) is 12.2 Å². The fraction of sp³-hybridized carbons (Fsp3) is 0.762. The summed E-state index contributed by atoms with van der Waals surface area (Å²) in [6, 6.07) is 0. The Morgan fingerprint density at radius 2 is 1.61 bits per heavy atom. The van der Waals surface area contributed by atoms with E-state index in [1.54, 1.807) is 0 Å². The summed E-state index contributed by atoms with van der Waals surface area (Å²) >= 11 is 0. The van der Waals surface area contributed by atoms with Gasteiger partial charge in [-0.2, -0.15) is 0 Å². The number of fused-ring (bicyclic) bond motifs is 5. The second kappa shape index (κ2) is 6.59. The van der Waals surface area contributed by atoms with E-state index in [4.69, 9.17) is 23.7 Å². The molecule has 31 heavy (non-hydrogen) atoms. The Bertz CT molecular complexity index is 897. The number of ether oxygens (including phenoxy) is 5. The van der Waals surface area contributed by atoms with E-state index in [9.17, 15) is 24.0 Å². The van der Waals surface area contributed by atoms with Crippen molar-refractivity contribution in [2.75, 3.05) is 6.61 Å². The molecule has 5 fully saturated rings. The van der Waals surface area contributed by atoms with Crippen molar-refractivity contribution in [3.63, 3.8) is 0 Å². The predicted molar refractivity (Wildman–Crippen MR) is 97.0 cm³/mol. The Morgan fingerprint density at radius 1 is 0.935 bits per heavy atom. The lowest BCUT2D eigenvalue weighted by Crippen LogP contribution is -2.66. The maximum absolute atomic E-state index is 13.3. The van der Waals surface area contributed by atoms with Gasteiger partial charge in [-0.15, -0.1) is 0 Å². The molecular weight excluding hydrogens is 412 g/mol. The maximum atomic E-state index is 13.3. The van der Waals surface area contributed by atoms with Crippen LogP contribution in [0.25, 0.3) is 0 Å². The van der Waals surface area contributed by atoms with Crippen LogP contribution in [0.1, 0.15) is 40.0 Å². The molecule has 1 unspecified atom stereocenters. The molecule has 10 heteroatoms. The molecule has 2 saturated carbocycles. The number of esters is 3. The first-order valence-electron chi connectivity index (χ1n) is 10.5. The summed E-state index contributed by atoms with van der Waals surface area (Å²) in [5, 5.41) is 0. The summed E-state index contributed by atoms with van der Waals surface area (Å²) in [6.45, 7) is 3.63. The van der Waals surface area contributed by atoms with Crippen LogP contribution in [0.5, 0.6) is 0 Å². The summed E-state index contributed by atoms with van der Waals surface area (Å²) in [5.41, 5.74) is -2.32. The number of hydrogen-bond donors (Lipinski definition) is 0. The predicted octanol–water partition coefficient (Wildman–Crippen LogP) is 0.0911. The molecule has 0 N–H and O–H groups in total. The molecule has 5 rings (SSSR count). The monoisotopic (exact) mass is 436 g/mol. The molecule has 2 aliphatic carbocycles. The molecule has 0 aromatic carbocycles. The molecular formula is C21H24O10. The highest BCUT2D eigenvalue weighted by atomic mass is 16.7. The van der Waals surface area contributed by atoms with Crippen molar-refractivity contribution in [2.45, 2.75) is 70.7 Å². The molecule has 10 nitrogen and oxygen atoms in total. The van der Waals surface area contributed by atoms with Crippen LogP contribution in [0.4, 0.5) is 0 Å². The second-order valence-corrected chi connectivity index (χ2v) is 9.27. The third-order valence-corrected chi connectivity index (χ3v) is 7.71. The number of carbonyl (C=O) groups excluding carboxylic acids is 5. The van der Waals surface area contributed by atoms with Crippen molar-refractivity contribution in [1.29, 1.82) is 0 Å². The van der Waals surface area contributed by atoms with Crippen LogP contribution in [0.2, 0.25) is 0 Å². The third-order valence-electron chi connectivity index (χ3n) is 7.71. The smallest absolute Gasteiger partial charge is 0.304 e. The highest BCUT2D eigenvalue weighted by Gasteiger charge is 2.83. The average molecular weight is 436 g/mol. The van der Waals surface area contributed by atoms with Gasteiger partial charge in [0.2, 0.25) is 6.29 Å². The molecule has 3 saturated heterocycles. The van der Waals surface area contributed by atoms with Gasteiger partial charge < -0.3 is 23.7 Å². The van der Waals surface area contributed by atoms with Crippen LogP contribution < -0.4 is 0 Å². The quantitative estimate of drug-likeness (QED) is 0.441. The fourth-order valence-electron chi connectivity index (χ4n) is 6.99. The first-order valence-corrected chi connectivity index (χ1v) is 10.5. The van der Waals surface area contributed by atoms with E-state index in [1.807, 2.05) is 0 Å². The molecule has 3 aliphatic heterocycles. The third kappa shape index (κ3) is 2.54. The van der Waals surface area contributed by atoms with Gasteiger partial charge >= 0.3 is 17.9 Å². The standard InChI is InChI=1S/C21H24O10/c1-8(22)27-7-20-6-15(28-9(2)23)21-14(26)5-13(31-19(21)29-10(3)24)17(21)16(20)12-4-11(25)18(20)30-12/h12-13,15-19H,4-7H2,1-3H3/t12-,13-,15+,16+,17+,18+,19?,20+,21-/m1/s1. The minimum Gasteiger partial charge on any atom is -0.465 e. The van der Waals surface area contributed by atoms with Gasteiger partial charge in [-0.1, -0.05) is 0 Å². The highest BCUT2D eigenvalue weighted by molar-refractivity contribution is 5.93. The Morgan fingerprint density at radius 3 is 2.26 bits per heavy atom. The highest BCUT2D eigenvalue weighted by Crippen LogP contribution is 2.71. The molecule has 5 aliphatic rings. The Labute approximate surface area is 177 Å². The van der Waals surface area contributed by atoms with Crippen LogP contribution in [0.15, 0.2) is 0 Å². The fourth-order valence-corrected chi connectivity index (χ4v) is 6.99. The molecule has 9 atom stereocenters. The van der Waals surface area contributed by atoms with E-state index >= 15 is 0 Å². The topological polar surface area (TPSA) is 132 Å². The van der Waals surface area contributed by atoms with Gasteiger partial charge in [0, 0.05) is 50.9 Å². The van der Waals surface area contributed by atoms with E-state index in [2.05, 4.69) is 0 Å². The van der Waals surface area contributed by atoms with Crippen molar-refractivity contribution in [2.24, 2.45) is 22.7 Å². The SMILES string of the molecule is CC(=O)OC[C@@]12C[C@H](OC(C)=O)[C@@]34C(=O)C[C@@H](OC3OC(C)=O)[C@H]4[C@@H]1[C@H]1CC(=O)[C@@H]2O1. The van der Waals surface area contributed by atoms with Gasteiger partial charge in [0.1, 0.15) is 24.2 Å². The average Bonchev–Trinajstić information content (AvgIpc) is 3.34. The minimum atomic E-state index is -1.37. The lowest BCUT2D eigenvalue weighted by atomic mass is 9.48. The van der Waals surface area contributed by atoms with E-state index in [1.165, 1.54) is 20.8 Å². The lowest BCUT2D eigenvalue weighted by molar-refractivity contribution is -0.229. The van der Waals surface area contributed by atoms with Crippen LogP contribution in [-0.2, 0) is 47.7 Å². The molecule has 0 aromatic heterocycles. The summed E-state index contributed by atoms with van der Waals surface area (Å²) in [5.74, 6) is -2.87. The maximum Gasteiger partial charge on any atom is 0.304 e. The second-order valence-electron chi connectivity index (χ2n) is 9.27. The number of rotatable bonds is 4. The largest absolute Gasteiger partial charge is 0.465 e. The summed E-state index contributed by atoms with van der Waals surface area (Å²) < 4.78 is 28.5. The van der Waals surface area contributed by atoms with Crippen molar-refractivity contribution in [3.05, 3.63) is 0 Å². The molecule has 0 radical (unpaired) electrons. The number of ketones is 2. The Hall–Kier alpha value is -2.33. The van der Waals surface area contributed by atoms with E-state index in [0.29, 0.717) is 0 Å². The Balaban J connectivity index is 1.65. The van der Waals surface area contributed by atoms with Crippen molar-refractivity contribution in [1.82, 2.24) is 0 Å². The normalized spacial score (nSPS) is 46.5. The van der Waals surface area contributed by atoms with Gasteiger partial charge in [-0.3, -0.25) is 24.0 Å². The zero-order chi connectivity index (χ0) is 22.3. The summed E-state index contributed by atoms with van der Waals surface area (Å²) in [7, 11) is 0. The van der Waals surface area contributed by atoms with Crippen LogP contribution >= 0.6 is 0 Å². The first kappa shape index (κ1) is 20.6. The number of carbonyl (C=O) groups is 5. The number of hydrogen-bond acceptors (Lipinski definition) is 10. The zero-order valence-corrected chi connectivity index (χ0v) is 17.5. The van der Waals surface area contributed by atoms with Crippen LogP contribution in [-0.4, -0.2) is 66.8 Å². The van der Waals surface area contributed by atoms with Crippen LogP contribution in [0, 0.1) is 22.7 Å². The van der Waals surface area contributed by atoms with Crippen molar-refractivity contribution < 1.29 is 47.7 Å². The van der Waals surface area contributed by atoms with Gasteiger partial charge in [0.25, 0.3) is 0 Å². The van der Waals surface area contributed by atoms with Gasteiger partial charge in [-0.05, 0) is 6.42 Å². The summed E-state index contributed by atoms with van der Waals surface area (Å²) in [6.07, 6.45) is -3.72. The lowest BCUT2D eigenvalue weighted by Gasteiger charge is -2.54. The summed E-state index contributed by atoms with van der Waals surface area (Å²) in [4.78, 5) is 61.5. The van der Waals surface area contributed by atoms with E-state index < -0.39 is 65.4 Å². The Kier molecular flexibility index (Phi) is 4.37. The molecule has 168 valence electrons. The minimum absolute atomic E-state index is 0.0630. The molecule has 3 heterocycles. The molecule has 4 bridgehead atoms. The van der Waals surface area contributed by atoms with E-state index in [0.717, 1.165) is 0 Å².